The standard InChI is InChI=1S/C17H20F3N3O3S/c1-11-15(16(25)22-12(10-24)7-8-27-2)9-21-23(11)13-3-5-14(6-4-13)26-17(18,19)20/h3-6,9,12,24H,7-8,10H2,1-2H3,(H,22,25)/t12-/m1/s1. The first kappa shape index (κ1) is 21.1. The molecule has 0 unspecified atom stereocenters. The number of aromatic nitrogens is 2. The van der Waals surface area contributed by atoms with Gasteiger partial charge < -0.3 is 15.2 Å². The predicted octanol–water partition coefficient (Wildman–Crippen LogP) is 2.92. The molecule has 1 amide bonds. The van der Waals surface area contributed by atoms with Gasteiger partial charge >= 0.3 is 6.36 Å². The fourth-order valence-corrected chi connectivity index (χ4v) is 2.93. The Hall–Kier alpha value is -2.20. The van der Waals surface area contributed by atoms with Crippen molar-refractivity contribution in [2.75, 3.05) is 18.6 Å². The van der Waals surface area contributed by atoms with E-state index in [1.54, 1.807) is 18.7 Å². The maximum Gasteiger partial charge on any atom is 0.573 e. The third kappa shape index (κ3) is 5.90. The number of hydrogen-bond acceptors (Lipinski definition) is 5. The quantitative estimate of drug-likeness (QED) is 0.709. The Bertz CT molecular complexity index is 763. The summed E-state index contributed by atoms with van der Waals surface area (Å²) >= 11 is 1.62. The van der Waals surface area contributed by atoms with Crippen molar-refractivity contribution in [3.05, 3.63) is 41.7 Å². The van der Waals surface area contributed by atoms with Gasteiger partial charge in [-0.25, -0.2) is 4.68 Å². The molecule has 2 aromatic rings. The van der Waals surface area contributed by atoms with Gasteiger partial charge in [0, 0.05) is 0 Å². The Labute approximate surface area is 158 Å². The summed E-state index contributed by atoms with van der Waals surface area (Å²) in [5.41, 5.74) is 1.34. The first-order valence-electron chi connectivity index (χ1n) is 8.06. The number of carbonyl (C=O) groups is 1. The molecule has 0 fully saturated rings. The zero-order valence-electron chi connectivity index (χ0n) is 14.8. The summed E-state index contributed by atoms with van der Waals surface area (Å²) in [5, 5.41) is 16.3. The third-order valence-electron chi connectivity index (χ3n) is 3.80. The molecule has 0 aliphatic rings. The number of amides is 1. The number of nitrogens with one attached hydrogen (secondary N) is 1. The maximum absolute atomic E-state index is 12.4. The van der Waals surface area contributed by atoms with E-state index in [0.29, 0.717) is 23.4 Å². The number of alkyl halides is 3. The van der Waals surface area contributed by atoms with Gasteiger partial charge in [-0.05, 0) is 49.6 Å². The molecule has 1 atom stereocenters. The van der Waals surface area contributed by atoms with Crippen molar-refractivity contribution in [3.8, 4) is 11.4 Å². The molecule has 10 heteroatoms. The van der Waals surface area contributed by atoms with Gasteiger partial charge in [0.05, 0.1) is 35.8 Å². The number of aliphatic hydroxyl groups is 1. The number of carbonyl (C=O) groups excluding carboxylic acids is 1. The monoisotopic (exact) mass is 403 g/mol. The molecule has 6 nitrogen and oxygen atoms in total. The molecule has 2 N–H and O–H groups in total. The van der Waals surface area contributed by atoms with Gasteiger partial charge in [-0.1, -0.05) is 0 Å². The second-order valence-corrected chi connectivity index (χ2v) is 6.72. The summed E-state index contributed by atoms with van der Waals surface area (Å²) in [7, 11) is 0. The third-order valence-corrected chi connectivity index (χ3v) is 4.44. The fourth-order valence-electron chi connectivity index (χ4n) is 2.41. The Balaban J connectivity index is 2.13. The van der Waals surface area contributed by atoms with Crippen molar-refractivity contribution in [2.24, 2.45) is 0 Å². The lowest BCUT2D eigenvalue weighted by atomic mass is 10.2. The van der Waals surface area contributed by atoms with Gasteiger partial charge in [0.15, 0.2) is 0 Å². The number of nitrogens with zero attached hydrogens (tertiary/aromatic N) is 2. The number of aliphatic hydroxyl groups excluding tert-OH is 1. The molecule has 0 aliphatic carbocycles. The van der Waals surface area contributed by atoms with Gasteiger partial charge in [-0.2, -0.15) is 16.9 Å². The van der Waals surface area contributed by atoms with E-state index in [1.807, 2.05) is 6.26 Å². The lowest BCUT2D eigenvalue weighted by Crippen LogP contribution is -2.38. The van der Waals surface area contributed by atoms with Crippen molar-refractivity contribution >= 4 is 17.7 Å². The Morgan fingerprint density at radius 1 is 1.37 bits per heavy atom. The number of halogens is 3. The molecule has 27 heavy (non-hydrogen) atoms. The van der Waals surface area contributed by atoms with Gasteiger partial charge in [0.1, 0.15) is 5.75 Å². The zero-order valence-corrected chi connectivity index (χ0v) is 15.6. The van der Waals surface area contributed by atoms with Crippen LogP contribution in [0.15, 0.2) is 30.5 Å². The molecule has 0 bridgehead atoms. The minimum atomic E-state index is -4.76. The number of hydrogen-bond donors (Lipinski definition) is 2. The van der Waals surface area contributed by atoms with Gasteiger partial charge in [0.2, 0.25) is 0 Å². The second kappa shape index (κ2) is 9.14. The largest absolute Gasteiger partial charge is 0.573 e. The Morgan fingerprint density at radius 2 is 2.04 bits per heavy atom. The van der Waals surface area contributed by atoms with E-state index in [4.69, 9.17) is 0 Å². The molecule has 2 rings (SSSR count). The van der Waals surface area contributed by atoms with Crippen LogP contribution in [0.4, 0.5) is 13.2 Å². The lowest BCUT2D eigenvalue weighted by molar-refractivity contribution is -0.274. The highest BCUT2D eigenvalue weighted by Crippen LogP contribution is 2.24. The fraction of sp³-hybridized carbons (Fsp3) is 0.412. The average molecular weight is 403 g/mol. The lowest BCUT2D eigenvalue weighted by Gasteiger charge is -2.15. The first-order valence-corrected chi connectivity index (χ1v) is 9.46. The minimum absolute atomic E-state index is 0.167. The van der Waals surface area contributed by atoms with Gasteiger partial charge in [-0.3, -0.25) is 4.79 Å². The molecule has 0 aliphatic heterocycles. The molecular weight excluding hydrogens is 383 g/mol. The molecule has 148 valence electrons. The summed E-state index contributed by atoms with van der Waals surface area (Å²) in [4.78, 5) is 12.4. The Kier molecular flexibility index (Phi) is 7.14. The van der Waals surface area contributed by atoms with E-state index in [2.05, 4.69) is 15.2 Å². The van der Waals surface area contributed by atoms with Crippen LogP contribution in [0.5, 0.6) is 5.75 Å². The van der Waals surface area contributed by atoms with Crippen LogP contribution in [0, 0.1) is 6.92 Å². The van der Waals surface area contributed by atoms with E-state index in [-0.39, 0.29) is 24.3 Å². The molecular formula is C17H20F3N3O3S. The molecule has 0 saturated heterocycles. The van der Waals surface area contributed by atoms with Gasteiger partial charge in [0.25, 0.3) is 5.91 Å². The van der Waals surface area contributed by atoms with Crippen LogP contribution in [0.3, 0.4) is 0 Å². The molecule has 1 heterocycles. The van der Waals surface area contributed by atoms with Crippen LogP contribution in [0.2, 0.25) is 0 Å². The highest BCUT2D eigenvalue weighted by Gasteiger charge is 2.31. The first-order chi connectivity index (χ1) is 12.7. The van der Waals surface area contributed by atoms with Crippen molar-refractivity contribution in [1.29, 1.82) is 0 Å². The number of benzene rings is 1. The van der Waals surface area contributed by atoms with E-state index in [1.165, 1.54) is 35.1 Å². The maximum atomic E-state index is 12.4. The van der Waals surface area contributed by atoms with E-state index < -0.39 is 6.36 Å². The van der Waals surface area contributed by atoms with E-state index >= 15 is 0 Å². The predicted molar refractivity (Wildman–Crippen MR) is 96.3 cm³/mol. The highest BCUT2D eigenvalue weighted by molar-refractivity contribution is 7.98. The topological polar surface area (TPSA) is 76.4 Å². The van der Waals surface area contributed by atoms with Crippen molar-refractivity contribution in [3.63, 3.8) is 0 Å². The summed E-state index contributed by atoms with van der Waals surface area (Å²) < 4.78 is 42.0. The summed E-state index contributed by atoms with van der Waals surface area (Å²) in [6.45, 7) is 1.51. The molecule has 0 spiro atoms. The smallest absolute Gasteiger partial charge is 0.406 e. The SMILES string of the molecule is CSCC[C@H](CO)NC(=O)c1cnn(-c2ccc(OC(F)(F)F)cc2)c1C. The summed E-state index contributed by atoms with van der Waals surface area (Å²) in [6, 6.07) is 4.82. The van der Waals surface area contributed by atoms with Crippen LogP contribution in [-0.4, -0.2) is 51.8 Å². The number of rotatable bonds is 8. The Morgan fingerprint density at radius 3 is 2.59 bits per heavy atom. The summed E-state index contributed by atoms with van der Waals surface area (Å²) in [6.07, 6.45) is -0.797. The normalized spacial score (nSPS) is 12.7. The average Bonchev–Trinajstić information content (AvgIpc) is 2.99. The number of thioether (sulfide) groups is 1. The molecule has 1 aromatic heterocycles. The van der Waals surface area contributed by atoms with Crippen molar-refractivity contribution in [1.82, 2.24) is 15.1 Å². The molecule has 0 radical (unpaired) electrons. The van der Waals surface area contributed by atoms with Crippen molar-refractivity contribution < 1.29 is 27.8 Å². The highest BCUT2D eigenvalue weighted by atomic mass is 32.2. The van der Waals surface area contributed by atoms with E-state index in [0.717, 1.165) is 5.75 Å². The second-order valence-electron chi connectivity index (χ2n) is 5.73. The molecule has 0 saturated carbocycles. The van der Waals surface area contributed by atoms with Gasteiger partial charge in [-0.15, -0.1) is 13.2 Å². The zero-order chi connectivity index (χ0) is 20.0. The van der Waals surface area contributed by atoms with Crippen LogP contribution in [0.25, 0.3) is 5.69 Å². The minimum Gasteiger partial charge on any atom is -0.406 e. The van der Waals surface area contributed by atoms with Crippen LogP contribution < -0.4 is 10.1 Å². The summed E-state index contributed by atoms with van der Waals surface area (Å²) in [5.74, 6) is 0.0975. The van der Waals surface area contributed by atoms with Crippen LogP contribution in [-0.2, 0) is 0 Å². The molecule has 1 aromatic carbocycles. The van der Waals surface area contributed by atoms with Crippen LogP contribution >= 0.6 is 11.8 Å². The van der Waals surface area contributed by atoms with Crippen molar-refractivity contribution in [2.45, 2.75) is 25.7 Å². The van der Waals surface area contributed by atoms with E-state index in [9.17, 15) is 23.1 Å². The number of ether oxygens (including phenoxy) is 1. The van der Waals surface area contributed by atoms with Crippen LogP contribution in [0.1, 0.15) is 22.5 Å².